The van der Waals surface area contributed by atoms with Gasteiger partial charge < -0.3 is 13.9 Å². The minimum Gasteiger partial charge on any atom is -0.487 e. The lowest BCUT2D eigenvalue weighted by molar-refractivity contribution is 0.0600. The van der Waals surface area contributed by atoms with E-state index in [1.807, 2.05) is 0 Å². The maximum atomic E-state index is 13.1. The van der Waals surface area contributed by atoms with E-state index in [0.29, 0.717) is 22.7 Å². The number of carbonyl (C=O) groups is 1. The standard InChI is InChI=1S/C16H13FN2O3/c1-21-16(20)11-5-6-19-9-13(18-15(19)7-11)10-22-14-4-2-3-12(17)8-14/h2-9H,10H2,1H3. The minimum atomic E-state index is -0.414. The third-order valence-corrected chi connectivity index (χ3v) is 3.11. The molecule has 3 aromatic rings. The fourth-order valence-electron chi connectivity index (χ4n) is 2.06. The molecular weight excluding hydrogens is 287 g/mol. The molecule has 0 aliphatic rings. The third-order valence-electron chi connectivity index (χ3n) is 3.11. The summed E-state index contributed by atoms with van der Waals surface area (Å²) < 4.78 is 25.0. The second-order valence-electron chi connectivity index (χ2n) is 4.65. The van der Waals surface area contributed by atoms with E-state index in [1.165, 1.54) is 19.2 Å². The number of hydrogen-bond donors (Lipinski definition) is 0. The highest BCUT2D eigenvalue weighted by Crippen LogP contribution is 2.15. The molecule has 0 N–H and O–H groups in total. The quantitative estimate of drug-likeness (QED) is 0.695. The summed E-state index contributed by atoms with van der Waals surface area (Å²) in [4.78, 5) is 15.9. The van der Waals surface area contributed by atoms with Gasteiger partial charge in [-0.2, -0.15) is 0 Å². The molecule has 0 spiro atoms. The molecule has 0 unspecified atom stereocenters. The molecule has 5 nitrogen and oxygen atoms in total. The van der Waals surface area contributed by atoms with Gasteiger partial charge >= 0.3 is 5.97 Å². The second-order valence-corrected chi connectivity index (χ2v) is 4.65. The van der Waals surface area contributed by atoms with E-state index in [0.717, 1.165) is 0 Å². The molecule has 6 heteroatoms. The van der Waals surface area contributed by atoms with Crippen LogP contribution in [0, 0.1) is 5.82 Å². The number of halogens is 1. The number of carbonyl (C=O) groups excluding carboxylic acids is 1. The van der Waals surface area contributed by atoms with Crippen LogP contribution in [0.3, 0.4) is 0 Å². The van der Waals surface area contributed by atoms with E-state index in [-0.39, 0.29) is 12.4 Å². The number of aromatic nitrogens is 2. The number of pyridine rings is 1. The smallest absolute Gasteiger partial charge is 0.338 e. The Kier molecular flexibility index (Phi) is 3.74. The summed E-state index contributed by atoms with van der Waals surface area (Å²) in [6, 6.07) is 9.21. The van der Waals surface area contributed by atoms with Crippen molar-refractivity contribution < 1.29 is 18.7 Å². The van der Waals surface area contributed by atoms with Crippen molar-refractivity contribution in [2.75, 3.05) is 7.11 Å². The number of fused-ring (bicyclic) bond motifs is 1. The molecule has 0 aliphatic carbocycles. The molecular formula is C16H13FN2O3. The first-order valence-corrected chi connectivity index (χ1v) is 6.60. The molecule has 3 rings (SSSR count). The Balaban J connectivity index is 1.78. The molecule has 0 amide bonds. The third kappa shape index (κ3) is 2.90. The number of ether oxygens (including phenoxy) is 2. The molecule has 0 saturated carbocycles. The summed E-state index contributed by atoms with van der Waals surface area (Å²) in [6.45, 7) is 0.207. The van der Waals surface area contributed by atoms with Crippen LogP contribution < -0.4 is 4.74 Å². The zero-order valence-electron chi connectivity index (χ0n) is 11.8. The Labute approximate surface area is 125 Å². The fraction of sp³-hybridized carbons (Fsp3) is 0.125. The largest absolute Gasteiger partial charge is 0.487 e. The van der Waals surface area contributed by atoms with Crippen molar-refractivity contribution in [3.05, 3.63) is 65.9 Å². The molecule has 22 heavy (non-hydrogen) atoms. The van der Waals surface area contributed by atoms with Gasteiger partial charge in [0.25, 0.3) is 0 Å². The Morgan fingerprint density at radius 2 is 2.18 bits per heavy atom. The maximum absolute atomic E-state index is 13.1. The van der Waals surface area contributed by atoms with Crippen LogP contribution in [-0.4, -0.2) is 22.5 Å². The van der Waals surface area contributed by atoms with Crippen LogP contribution >= 0.6 is 0 Å². The van der Waals surface area contributed by atoms with Crippen LogP contribution in [0.2, 0.25) is 0 Å². The zero-order valence-corrected chi connectivity index (χ0v) is 11.8. The van der Waals surface area contributed by atoms with Crippen molar-refractivity contribution in [3.8, 4) is 5.75 Å². The SMILES string of the molecule is COC(=O)c1ccn2cc(COc3cccc(F)c3)nc2c1. The highest BCUT2D eigenvalue weighted by molar-refractivity contribution is 5.90. The highest BCUT2D eigenvalue weighted by Gasteiger charge is 2.08. The number of benzene rings is 1. The summed E-state index contributed by atoms with van der Waals surface area (Å²) in [7, 11) is 1.33. The average molecular weight is 300 g/mol. The molecule has 0 atom stereocenters. The Bertz CT molecular complexity index is 829. The number of rotatable bonds is 4. The summed E-state index contributed by atoms with van der Waals surface area (Å²) in [5.41, 5.74) is 1.71. The Hall–Kier alpha value is -2.89. The summed E-state index contributed by atoms with van der Waals surface area (Å²) in [5, 5.41) is 0. The second kappa shape index (κ2) is 5.85. The molecule has 2 aromatic heterocycles. The van der Waals surface area contributed by atoms with Crippen LogP contribution in [0.5, 0.6) is 5.75 Å². The van der Waals surface area contributed by atoms with E-state index < -0.39 is 5.97 Å². The lowest BCUT2D eigenvalue weighted by Crippen LogP contribution is -2.01. The normalized spacial score (nSPS) is 10.6. The Morgan fingerprint density at radius 3 is 2.95 bits per heavy atom. The van der Waals surface area contributed by atoms with Crippen molar-refractivity contribution in [1.29, 1.82) is 0 Å². The van der Waals surface area contributed by atoms with Crippen molar-refractivity contribution in [3.63, 3.8) is 0 Å². The monoisotopic (exact) mass is 300 g/mol. The topological polar surface area (TPSA) is 52.8 Å². The lowest BCUT2D eigenvalue weighted by atomic mass is 10.3. The molecule has 1 aromatic carbocycles. The highest BCUT2D eigenvalue weighted by atomic mass is 19.1. The van der Waals surface area contributed by atoms with E-state index in [2.05, 4.69) is 9.72 Å². The maximum Gasteiger partial charge on any atom is 0.338 e. The van der Waals surface area contributed by atoms with E-state index in [4.69, 9.17) is 4.74 Å². The van der Waals surface area contributed by atoms with Gasteiger partial charge in [-0.05, 0) is 24.3 Å². The van der Waals surface area contributed by atoms with Crippen molar-refractivity contribution >= 4 is 11.6 Å². The van der Waals surface area contributed by atoms with Crippen molar-refractivity contribution in [2.45, 2.75) is 6.61 Å². The van der Waals surface area contributed by atoms with Gasteiger partial charge in [0.1, 0.15) is 23.8 Å². The van der Waals surface area contributed by atoms with Gasteiger partial charge in [0, 0.05) is 18.5 Å². The van der Waals surface area contributed by atoms with Gasteiger partial charge in [-0.25, -0.2) is 14.2 Å². The number of imidazole rings is 1. The first-order valence-electron chi connectivity index (χ1n) is 6.60. The lowest BCUT2D eigenvalue weighted by Gasteiger charge is -2.03. The summed E-state index contributed by atoms with van der Waals surface area (Å²) >= 11 is 0. The van der Waals surface area contributed by atoms with Gasteiger partial charge in [0.05, 0.1) is 18.4 Å². The molecule has 0 saturated heterocycles. The van der Waals surface area contributed by atoms with Gasteiger partial charge in [-0.15, -0.1) is 0 Å². The zero-order chi connectivity index (χ0) is 15.5. The molecule has 112 valence electrons. The fourth-order valence-corrected chi connectivity index (χ4v) is 2.06. The van der Waals surface area contributed by atoms with E-state index in [9.17, 15) is 9.18 Å². The van der Waals surface area contributed by atoms with E-state index in [1.54, 1.807) is 41.1 Å². The predicted molar refractivity (Wildman–Crippen MR) is 77.3 cm³/mol. The van der Waals surface area contributed by atoms with Crippen molar-refractivity contribution in [1.82, 2.24) is 9.38 Å². The average Bonchev–Trinajstić information content (AvgIpc) is 2.94. The van der Waals surface area contributed by atoms with Crippen LogP contribution in [0.15, 0.2) is 48.8 Å². The molecule has 0 aliphatic heterocycles. The summed E-state index contributed by atoms with van der Waals surface area (Å²) in [6.07, 6.45) is 3.51. The molecule has 0 bridgehead atoms. The first-order chi connectivity index (χ1) is 10.7. The van der Waals surface area contributed by atoms with Crippen LogP contribution in [0.25, 0.3) is 5.65 Å². The van der Waals surface area contributed by atoms with Gasteiger partial charge in [-0.1, -0.05) is 6.07 Å². The summed E-state index contributed by atoms with van der Waals surface area (Å²) in [5.74, 6) is -0.328. The van der Waals surface area contributed by atoms with Gasteiger partial charge in [-0.3, -0.25) is 0 Å². The minimum absolute atomic E-state index is 0.207. The number of esters is 1. The number of methoxy groups -OCH3 is 1. The van der Waals surface area contributed by atoms with Crippen LogP contribution in [0.1, 0.15) is 16.1 Å². The van der Waals surface area contributed by atoms with Crippen LogP contribution in [0.4, 0.5) is 4.39 Å². The van der Waals surface area contributed by atoms with Gasteiger partial charge in [0.15, 0.2) is 0 Å². The Morgan fingerprint density at radius 1 is 1.32 bits per heavy atom. The van der Waals surface area contributed by atoms with E-state index >= 15 is 0 Å². The molecule has 2 heterocycles. The van der Waals surface area contributed by atoms with Crippen molar-refractivity contribution in [2.24, 2.45) is 0 Å². The molecule has 0 fully saturated rings. The number of nitrogens with zero attached hydrogens (tertiary/aromatic N) is 2. The van der Waals surface area contributed by atoms with Gasteiger partial charge in [0.2, 0.25) is 0 Å². The van der Waals surface area contributed by atoms with Crippen LogP contribution in [-0.2, 0) is 11.3 Å². The first kappa shape index (κ1) is 14.1. The molecule has 0 radical (unpaired) electrons. The number of hydrogen-bond acceptors (Lipinski definition) is 4. The predicted octanol–water partition coefficient (Wildman–Crippen LogP) is 2.84.